The number of hydrogen-bond acceptors (Lipinski definition) is 3. The minimum absolute atomic E-state index is 0.162. The number of likely N-dealkylation sites (tertiary alicyclic amines) is 1. The van der Waals surface area contributed by atoms with Crippen LogP contribution in [0.2, 0.25) is 0 Å². The second kappa shape index (κ2) is 8.27. The first-order chi connectivity index (χ1) is 14.1. The number of nitrogens with zero attached hydrogens (tertiary/aromatic N) is 3. The number of ether oxygens (including phenoxy) is 1. The Bertz CT molecular complexity index is 1020. The lowest BCUT2D eigenvalue weighted by Crippen LogP contribution is -2.24. The minimum atomic E-state index is 0.162. The Kier molecular flexibility index (Phi) is 5.56. The van der Waals surface area contributed by atoms with Gasteiger partial charge in [-0.15, -0.1) is 0 Å². The predicted octanol–water partition coefficient (Wildman–Crippen LogP) is 4.46. The van der Waals surface area contributed by atoms with Gasteiger partial charge in [0.05, 0.1) is 17.6 Å². The summed E-state index contributed by atoms with van der Waals surface area (Å²) in [5, 5.41) is 0. The average molecular weight is 392 g/mol. The van der Waals surface area contributed by atoms with Crippen LogP contribution in [0.25, 0.3) is 11.0 Å². The fourth-order valence-electron chi connectivity index (χ4n) is 4.26. The predicted molar refractivity (Wildman–Crippen MR) is 115 cm³/mol. The van der Waals surface area contributed by atoms with Crippen LogP contribution < -0.4 is 4.74 Å². The van der Waals surface area contributed by atoms with Crippen molar-refractivity contribution in [2.75, 3.05) is 19.7 Å². The van der Waals surface area contributed by atoms with E-state index >= 15 is 0 Å². The van der Waals surface area contributed by atoms with E-state index in [1.807, 2.05) is 24.0 Å². The molecule has 1 amide bonds. The highest BCUT2D eigenvalue weighted by molar-refractivity contribution is 5.80. The SMILES string of the molecule is CCN1CC(c2nc3ccccc3n2CCCOc2ccc(C)cc2C)CC1=O. The summed E-state index contributed by atoms with van der Waals surface area (Å²) in [6, 6.07) is 14.5. The topological polar surface area (TPSA) is 47.4 Å². The van der Waals surface area contributed by atoms with E-state index in [0.29, 0.717) is 13.0 Å². The quantitative estimate of drug-likeness (QED) is 0.559. The number of rotatable bonds is 7. The smallest absolute Gasteiger partial charge is 0.223 e. The van der Waals surface area contributed by atoms with Crippen LogP contribution in [0.4, 0.5) is 0 Å². The average Bonchev–Trinajstić information content (AvgIpc) is 3.26. The molecule has 0 radical (unpaired) electrons. The number of hydrogen-bond donors (Lipinski definition) is 0. The lowest BCUT2D eigenvalue weighted by atomic mass is 10.1. The maximum atomic E-state index is 12.3. The van der Waals surface area contributed by atoms with Crippen molar-refractivity contribution in [1.82, 2.24) is 14.5 Å². The molecule has 1 aromatic heterocycles. The van der Waals surface area contributed by atoms with Crippen molar-refractivity contribution >= 4 is 16.9 Å². The molecule has 2 heterocycles. The van der Waals surface area contributed by atoms with Crippen LogP contribution in [0, 0.1) is 13.8 Å². The van der Waals surface area contributed by atoms with Crippen LogP contribution in [-0.4, -0.2) is 40.1 Å². The number of aromatic nitrogens is 2. The summed E-state index contributed by atoms with van der Waals surface area (Å²) in [5.74, 6) is 2.37. The van der Waals surface area contributed by atoms with Crippen LogP contribution >= 0.6 is 0 Å². The lowest BCUT2D eigenvalue weighted by molar-refractivity contribution is -0.127. The molecule has 0 saturated carbocycles. The summed E-state index contributed by atoms with van der Waals surface area (Å²) in [7, 11) is 0. The fraction of sp³-hybridized carbons (Fsp3) is 0.417. The van der Waals surface area contributed by atoms with Crippen LogP contribution in [0.15, 0.2) is 42.5 Å². The molecule has 2 aromatic carbocycles. The van der Waals surface area contributed by atoms with Crippen LogP contribution in [0.5, 0.6) is 5.75 Å². The van der Waals surface area contributed by atoms with Crippen molar-refractivity contribution in [2.24, 2.45) is 0 Å². The van der Waals surface area contributed by atoms with Gasteiger partial charge >= 0.3 is 0 Å². The zero-order valence-corrected chi connectivity index (χ0v) is 17.5. The van der Waals surface area contributed by atoms with Gasteiger partial charge in [0.1, 0.15) is 11.6 Å². The number of carbonyl (C=O) groups is 1. The third-order valence-corrected chi connectivity index (χ3v) is 5.76. The second-order valence-corrected chi connectivity index (χ2v) is 7.91. The second-order valence-electron chi connectivity index (χ2n) is 7.91. The molecule has 29 heavy (non-hydrogen) atoms. The number of aryl methyl sites for hydroxylation is 3. The number of likely N-dealkylation sites (N-methyl/N-ethyl adjacent to an activating group) is 1. The van der Waals surface area contributed by atoms with Crippen molar-refractivity contribution in [2.45, 2.75) is 46.1 Å². The molecule has 0 spiro atoms. The molecule has 1 unspecified atom stereocenters. The van der Waals surface area contributed by atoms with E-state index in [1.54, 1.807) is 0 Å². The van der Waals surface area contributed by atoms with Crippen molar-refractivity contribution in [3.05, 3.63) is 59.4 Å². The summed E-state index contributed by atoms with van der Waals surface area (Å²) in [4.78, 5) is 19.1. The number of para-hydroxylation sites is 2. The zero-order valence-electron chi connectivity index (χ0n) is 17.5. The van der Waals surface area contributed by atoms with Gasteiger partial charge in [0.2, 0.25) is 5.91 Å². The molecule has 1 fully saturated rings. The molecule has 0 N–H and O–H groups in total. The van der Waals surface area contributed by atoms with E-state index in [9.17, 15) is 4.79 Å². The highest BCUT2D eigenvalue weighted by atomic mass is 16.5. The molecular weight excluding hydrogens is 362 g/mol. The first kappa shape index (κ1) is 19.5. The number of imidazole rings is 1. The lowest BCUT2D eigenvalue weighted by Gasteiger charge is -2.16. The van der Waals surface area contributed by atoms with Crippen molar-refractivity contribution in [1.29, 1.82) is 0 Å². The molecule has 3 aromatic rings. The van der Waals surface area contributed by atoms with Gasteiger partial charge in [-0.25, -0.2) is 4.98 Å². The molecule has 0 aliphatic carbocycles. The molecule has 152 valence electrons. The van der Waals surface area contributed by atoms with Gasteiger partial charge in [-0.05, 0) is 51.0 Å². The third kappa shape index (κ3) is 4.00. The van der Waals surface area contributed by atoms with E-state index < -0.39 is 0 Å². The van der Waals surface area contributed by atoms with E-state index in [-0.39, 0.29) is 11.8 Å². The van der Waals surface area contributed by atoms with Gasteiger partial charge in [0.15, 0.2) is 0 Å². The molecule has 5 heteroatoms. The molecule has 1 saturated heterocycles. The number of amides is 1. The van der Waals surface area contributed by atoms with E-state index in [1.165, 1.54) is 11.1 Å². The van der Waals surface area contributed by atoms with Gasteiger partial charge in [0, 0.05) is 32.0 Å². The molecule has 0 bridgehead atoms. The van der Waals surface area contributed by atoms with Crippen molar-refractivity contribution < 1.29 is 9.53 Å². The van der Waals surface area contributed by atoms with E-state index in [2.05, 4.69) is 48.7 Å². The Morgan fingerprint density at radius 1 is 1.17 bits per heavy atom. The zero-order chi connectivity index (χ0) is 20.4. The monoisotopic (exact) mass is 391 g/mol. The van der Waals surface area contributed by atoms with E-state index in [4.69, 9.17) is 9.72 Å². The Morgan fingerprint density at radius 2 is 2.00 bits per heavy atom. The van der Waals surface area contributed by atoms with Crippen LogP contribution in [0.3, 0.4) is 0 Å². The van der Waals surface area contributed by atoms with Crippen LogP contribution in [-0.2, 0) is 11.3 Å². The minimum Gasteiger partial charge on any atom is -0.493 e. The van der Waals surface area contributed by atoms with Gasteiger partial charge in [0.25, 0.3) is 0 Å². The number of benzene rings is 2. The van der Waals surface area contributed by atoms with E-state index in [0.717, 1.165) is 48.7 Å². The molecule has 1 atom stereocenters. The third-order valence-electron chi connectivity index (χ3n) is 5.76. The maximum absolute atomic E-state index is 12.3. The van der Waals surface area contributed by atoms with Gasteiger partial charge in [-0.2, -0.15) is 0 Å². The van der Waals surface area contributed by atoms with Gasteiger partial charge in [-0.1, -0.05) is 29.8 Å². The highest BCUT2D eigenvalue weighted by Gasteiger charge is 2.33. The Balaban J connectivity index is 1.49. The highest BCUT2D eigenvalue weighted by Crippen LogP contribution is 2.30. The summed E-state index contributed by atoms with van der Waals surface area (Å²) in [6.07, 6.45) is 1.44. The molecule has 1 aliphatic rings. The summed E-state index contributed by atoms with van der Waals surface area (Å²) < 4.78 is 8.31. The molecule has 4 rings (SSSR count). The first-order valence-electron chi connectivity index (χ1n) is 10.5. The number of fused-ring (bicyclic) bond motifs is 1. The van der Waals surface area contributed by atoms with Crippen LogP contribution in [0.1, 0.15) is 42.6 Å². The molecule has 1 aliphatic heterocycles. The summed E-state index contributed by atoms with van der Waals surface area (Å²) >= 11 is 0. The normalized spacial score (nSPS) is 16.7. The Hall–Kier alpha value is -2.82. The molecule has 5 nitrogen and oxygen atoms in total. The fourth-order valence-corrected chi connectivity index (χ4v) is 4.26. The first-order valence-corrected chi connectivity index (χ1v) is 10.5. The Labute approximate surface area is 172 Å². The summed E-state index contributed by atoms with van der Waals surface area (Å²) in [5.41, 5.74) is 4.55. The largest absolute Gasteiger partial charge is 0.493 e. The summed E-state index contributed by atoms with van der Waals surface area (Å²) in [6.45, 7) is 9.22. The van der Waals surface area contributed by atoms with Crippen molar-refractivity contribution in [3.8, 4) is 5.75 Å². The maximum Gasteiger partial charge on any atom is 0.223 e. The number of carbonyl (C=O) groups excluding carboxylic acids is 1. The molecular formula is C24H29N3O2. The van der Waals surface area contributed by atoms with Gasteiger partial charge < -0.3 is 14.2 Å². The standard InChI is InChI=1S/C24H29N3O2/c1-4-26-16-19(15-23(26)28)24-25-20-8-5-6-9-21(20)27(24)12-7-13-29-22-11-10-17(2)14-18(22)3/h5-6,8-11,14,19H,4,7,12-13,15-16H2,1-3H3. The Morgan fingerprint density at radius 3 is 2.76 bits per heavy atom. The van der Waals surface area contributed by atoms with Gasteiger partial charge in [-0.3, -0.25) is 4.79 Å². The van der Waals surface area contributed by atoms with Crippen molar-refractivity contribution in [3.63, 3.8) is 0 Å².